The van der Waals surface area contributed by atoms with Gasteiger partial charge >= 0.3 is 11.9 Å². The Morgan fingerprint density at radius 2 is 0.972 bits per heavy atom. The van der Waals surface area contributed by atoms with Gasteiger partial charge in [-0.25, -0.2) is 0 Å². The molecule has 0 unspecified atom stereocenters. The maximum Gasteiger partial charge on any atom is 0.320 e. The lowest BCUT2D eigenvalue weighted by molar-refractivity contribution is -0.157. The van der Waals surface area contributed by atoms with Gasteiger partial charge in [-0.15, -0.1) is 0 Å². The number of rotatable bonds is 7. The standard InChI is InChI=1S/C27H52N4O5/c1-25(2,3)18-22(32)19-31-16-14-29(20-23(33)35-26(4,5)6)12-10-28-11-13-30(15-17-31)21-24(34)36-27(7,8)9/h28H,10-21H2,1-9H3. The first-order chi connectivity index (χ1) is 16.4. The molecule has 210 valence electrons. The van der Waals surface area contributed by atoms with Gasteiger partial charge < -0.3 is 14.8 Å². The molecule has 1 rings (SSSR count). The molecule has 9 nitrogen and oxygen atoms in total. The lowest BCUT2D eigenvalue weighted by Gasteiger charge is -2.32. The van der Waals surface area contributed by atoms with Crippen LogP contribution in [0.3, 0.4) is 0 Å². The minimum Gasteiger partial charge on any atom is -0.459 e. The summed E-state index contributed by atoms with van der Waals surface area (Å²) in [6, 6.07) is 0. The van der Waals surface area contributed by atoms with Crippen molar-refractivity contribution in [2.45, 2.75) is 79.9 Å². The Morgan fingerprint density at radius 3 is 1.31 bits per heavy atom. The van der Waals surface area contributed by atoms with Crippen LogP contribution in [0.25, 0.3) is 0 Å². The van der Waals surface area contributed by atoms with Crippen LogP contribution in [0.5, 0.6) is 0 Å². The zero-order valence-corrected chi connectivity index (χ0v) is 24.4. The first kappa shape index (κ1) is 32.5. The van der Waals surface area contributed by atoms with Crippen molar-refractivity contribution in [1.29, 1.82) is 0 Å². The van der Waals surface area contributed by atoms with Gasteiger partial charge in [0.05, 0.1) is 19.6 Å². The Hall–Kier alpha value is -1.55. The van der Waals surface area contributed by atoms with E-state index in [1.54, 1.807) is 0 Å². The maximum absolute atomic E-state index is 12.8. The lowest BCUT2D eigenvalue weighted by Crippen LogP contribution is -2.48. The van der Waals surface area contributed by atoms with Crippen molar-refractivity contribution in [1.82, 2.24) is 20.0 Å². The zero-order chi connectivity index (χ0) is 27.6. The number of nitrogens with zero attached hydrogens (tertiary/aromatic N) is 3. The van der Waals surface area contributed by atoms with Gasteiger partial charge in [0, 0.05) is 58.8 Å². The van der Waals surface area contributed by atoms with Gasteiger partial charge in [0.15, 0.2) is 0 Å². The SMILES string of the molecule is CC(C)(C)CC(=O)CN1CCN(CC(=O)OC(C)(C)C)CCNCCN(CC(=O)OC(C)(C)C)CC1. The van der Waals surface area contributed by atoms with Crippen molar-refractivity contribution < 1.29 is 23.9 Å². The summed E-state index contributed by atoms with van der Waals surface area (Å²) in [5.41, 5.74) is -1.11. The first-order valence-electron chi connectivity index (χ1n) is 13.2. The Labute approximate surface area is 219 Å². The van der Waals surface area contributed by atoms with E-state index in [-0.39, 0.29) is 36.2 Å². The van der Waals surface area contributed by atoms with Gasteiger partial charge in [0.1, 0.15) is 17.0 Å². The average Bonchev–Trinajstić information content (AvgIpc) is 2.63. The van der Waals surface area contributed by atoms with E-state index in [1.165, 1.54) is 0 Å². The molecule has 9 heteroatoms. The molecular weight excluding hydrogens is 460 g/mol. The molecule has 0 amide bonds. The summed E-state index contributed by atoms with van der Waals surface area (Å²) in [5.74, 6) is -0.282. The number of hydrogen-bond acceptors (Lipinski definition) is 9. The van der Waals surface area contributed by atoms with Crippen molar-refractivity contribution in [2.24, 2.45) is 5.41 Å². The number of ether oxygens (including phenoxy) is 2. The molecule has 0 aliphatic carbocycles. The number of hydrogen-bond donors (Lipinski definition) is 1. The molecule has 1 fully saturated rings. The number of nitrogens with one attached hydrogen (secondary N) is 1. The van der Waals surface area contributed by atoms with E-state index in [4.69, 9.17) is 9.47 Å². The molecule has 1 saturated heterocycles. The predicted molar refractivity (Wildman–Crippen MR) is 143 cm³/mol. The summed E-state index contributed by atoms with van der Waals surface area (Å²) in [5, 5.41) is 3.42. The number of carbonyl (C=O) groups excluding carboxylic acids is 3. The highest BCUT2D eigenvalue weighted by Gasteiger charge is 2.24. The quantitative estimate of drug-likeness (QED) is 0.515. The van der Waals surface area contributed by atoms with Crippen LogP contribution in [0.2, 0.25) is 0 Å². The van der Waals surface area contributed by atoms with E-state index < -0.39 is 11.2 Å². The molecule has 0 bridgehead atoms. The van der Waals surface area contributed by atoms with Crippen LogP contribution >= 0.6 is 0 Å². The molecule has 1 aliphatic rings. The van der Waals surface area contributed by atoms with Crippen LogP contribution in [-0.4, -0.2) is 116 Å². The van der Waals surface area contributed by atoms with Crippen LogP contribution in [0.4, 0.5) is 0 Å². The Balaban J connectivity index is 2.89. The molecule has 0 atom stereocenters. The number of esters is 2. The van der Waals surface area contributed by atoms with Crippen LogP contribution in [0.1, 0.15) is 68.7 Å². The molecule has 36 heavy (non-hydrogen) atoms. The summed E-state index contributed by atoms with van der Waals surface area (Å²) in [6.07, 6.45) is 0.511. The fourth-order valence-corrected chi connectivity index (χ4v) is 3.98. The van der Waals surface area contributed by atoms with Crippen LogP contribution in [-0.2, 0) is 23.9 Å². The van der Waals surface area contributed by atoms with Gasteiger partial charge in [-0.3, -0.25) is 29.1 Å². The van der Waals surface area contributed by atoms with Crippen molar-refractivity contribution in [2.75, 3.05) is 72.0 Å². The highest BCUT2D eigenvalue weighted by Crippen LogP contribution is 2.19. The minimum atomic E-state index is -0.523. The van der Waals surface area contributed by atoms with Gasteiger partial charge in [-0.2, -0.15) is 0 Å². The molecule has 0 saturated carbocycles. The number of carbonyl (C=O) groups is 3. The molecular formula is C27H52N4O5. The van der Waals surface area contributed by atoms with E-state index >= 15 is 0 Å². The molecule has 1 aliphatic heterocycles. The highest BCUT2D eigenvalue weighted by molar-refractivity contribution is 5.81. The molecule has 0 aromatic rings. The monoisotopic (exact) mass is 512 g/mol. The predicted octanol–water partition coefficient (Wildman–Crippen LogP) is 2.18. The van der Waals surface area contributed by atoms with E-state index in [2.05, 4.69) is 40.8 Å². The van der Waals surface area contributed by atoms with E-state index in [0.29, 0.717) is 65.3 Å². The second-order valence-electron chi connectivity index (χ2n) is 13.0. The highest BCUT2D eigenvalue weighted by atomic mass is 16.6. The third-order valence-electron chi connectivity index (χ3n) is 5.35. The van der Waals surface area contributed by atoms with Crippen LogP contribution in [0, 0.1) is 5.41 Å². The third-order valence-corrected chi connectivity index (χ3v) is 5.35. The maximum atomic E-state index is 12.8. The summed E-state index contributed by atoms with van der Waals surface area (Å²) < 4.78 is 11.1. The molecule has 0 aromatic carbocycles. The second kappa shape index (κ2) is 14.4. The Bertz CT molecular complexity index is 662. The Kier molecular flexibility index (Phi) is 13.0. The molecule has 1 heterocycles. The van der Waals surface area contributed by atoms with Crippen molar-refractivity contribution in [3.05, 3.63) is 0 Å². The normalized spacial score (nSPS) is 18.7. The van der Waals surface area contributed by atoms with Crippen molar-refractivity contribution >= 4 is 17.7 Å². The fourth-order valence-electron chi connectivity index (χ4n) is 3.98. The van der Waals surface area contributed by atoms with Gasteiger partial charge in [0.25, 0.3) is 0 Å². The topological polar surface area (TPSA) is 91.4 Å². The van der Waals surface area contributed by atoms with Gasteiger partial charge in [-0.05, 0) is 47.0 Å². The van der Waals surface area contributed by atoms with Crippen LogP contribution < -0.4 is 5.32 Å². The molecule has 0 spiro atoms. The van der Waals surface area contributed by atoms with E-state index in [9.17, 15) is 14.4 Å². The molecule has 0 aromatic heterocycles. The van der Waals surface area contributed by atoms with Gasteiger partial charge in [-0.1, -0.05) is 20.8 Å². The number of ketones is 1. The average molecular weight is 513 g/mol. The Morgan fingerprint density at radius 1 is 0.611 bits per heavy atom. The third kappa shape index (κ3) is 17.0. The summed E-state index contributed by atoms with van der Waals surface area (Å²) in [7, 11) is 0. The van der Waals surface area contributed by atoms with Crippen molar-refractivity contribution in [3.8, 4) is 0 Å². The summed E-state index contributed by atoms with van der Waals surface area (Å²) in [6.45, 7) is 23.6. The second-order valence-corrected chi connectivity index (χ2v) is 13.0. The van der Waals surface area contributed by atoms with Crippen molar-refractivity contribution in [3.63, 3.8) is 0 Å². The lowest BCUT2D eigenvalue weighted by atomic mass is 9.90. The smallest absolute Gasteiger partial charge is 0.320 e. The van der Waals surface area contributed by atoms with E-state index in [0.717, 1.165) is 0 Å². The van der Waals surface area contributed by atoms with E-state index in [1.807, 2.05) is 41.5 Å². The zero-order valence-electron chi connectivity index (χ0n) is 24.4. The number of Topliss-reactive ketones (excluding diaryl/α,β-unsaturated/α-hetero) is 1. The van der Waals surface area contributed by atoms with Gasteiger partial charge in [0.2, 0.25) is 0 Å². The first-order valence-corrected chi connectivity index (χ1v) is 13.2. The fraction of sp³-hybridized carbons (Fsp3) is 0.889. The van der Waals surface area contributed by atoms with Crippen LogP contribution in [0.15, 0.2) is 0 Å². The largest absolute Gasteiger partial charge is 0.459 e. The summed E-state index contributed by atoms with van der Waals surface area (Å²) in [4.78, 5) is 44.0. The summed E-state index contributed by atoms with van der Waals surface area (Å²) >= 11 is 0. The molecule has 0 radical (unpaired) electrons. The molecule has 1 N–H and O–H groups in total. The minimum absolute atomic E-state index is 0.0687.